The van der Waals surface area contributed by atoms with Crippen LogP contribution in [0.25, 0.3) is 0 Å². The SMILES string of the molecule is Cc1cc(CN(C)CCN(C)Cc2cc(C)c(O)c(C)c2)cc(C)c1O.[CH3-].[CH3-].[Cl][Ti][Cl].[Cl][Ti][Cl]. The second-order valence-electron chi connectivity index (χ2n) is 7.77. The van der Waals surface area contributed by atoms with Crippen LogP contribution in [0.4, 0.5) is 0 Å². The fourth-order valence-corrected chi connectivity index (χ4v) is 3.40. The zero-order valence-corrected chi connectivity index (χ0v) is 27.6. The normalized spacial score (nSPS) is 9.65. The molecule has 0 aliphatic rings. The Balaban J connectivity index is -0.00000109. The Hall–Kier alpha value is 0.549. The van der Waals surface area contributed by atoms with E-state index in [1.807, 2.05) is 27.7 Å². The molecule has 4 nitrogen and oxygen atoms in total. The first-order valence-electron chi connectivity index (χ1n) is 9.88. The number of nitrogens with zero attached hydrogens (tertiary/aromatic N) is 2. The number of halogens is 4. The number of hydrogen-bond acceptors (Lipinski definition) is 4. The van der Waals surface area contributed by atoms with Gasteiger partial charge in [0.2, 0.25) is 0 Å². The van der Waals surface area contributed by atoms with Crippen LogP contribution in [0.5, 0.6) is 11.5 Å². The van der Waals surface area contributed by atoms with E-state index in [-0.39, 0.29) is 14.9 Å². The summed E-state index contributed by atoms with van der Waals surface area (Å²) >= 11 is -1.11. The molecule has 2 aromatic carbocycles. The minimum atomic E-state index is -0.556. The van der Waals surface area contributed by atoms with E-state index in [1.54, 1.807) is 0 Å². The predicted octanol–water partition coefficient (Wildman–Crippen LogP) is 7.55. The van der Waals surface area contributed by atoms with Gasteiger partial charge in [0.1, 0.15) is 11.5 Å². The molecular weight excluding hydrogens is 586 g/mol. The Bertz CT molecular complexity index is 716. The van der Waals surface area contributed by atoms with E-state index >= 15 is 0 Å². The van der Waals surface area contributed by atoms with Crippen molar-refractivity contribution in [2.24, 2.45) is 0 Å². The molecule has 0 unspecified atom stereocenters. The zero-order valence-electron chi connectivity index (χ0n) is 21.4. The number of phenols is 2. The average Bonchev–Trinajstić information content (AvgIpc) is 2.70. The van der Waals surface area contributed by atoms with Gasteiger partial charge in [0.05, 0.1) is 0 Å². The van der Waals surface area contributed by atoms with Crippen molar-refractivity contribution >= 4 is 37.2 Å². The third kappa shape index (κ3) is 15.6. The Labute approximate surface area is 241 Å². The second kappa shape index (κ2) is 21.6. The summed E-state index contributed by atoms with van der Waals surface area (Å²) in [5, 5.41) is 19.8. The molecule has 0 atom stereocenters. The maximum atomic E-state index is 9.90. The standard InChI is InChI=1S/C22H32N2O2.2CH3.4ClH.2Ti/c1-15-9-19(10-16(2)21(15)25)13-23(5)7-8-24(6)14-20-11-17(3)22(26)18(4)12-20;;;;;;;;/h9-12,25-26H,7-8,13-14H2,1-6H3;2*1H3;4*1H;;/q;2*-1;;;;;2*+2/p-4. The third-order valence-electron chi connectivity index (χ3n) is 4.87. The van der Waals surface area contributed by atoms with Gasteiger partial charge in [0, 0.05) is 26.2 Å². The number of aryl methyl sites for hydroxylation is 4. The van der Waals surface area contributed by atoms with Gasteiger partial charge < -0.3 is 34.9 Å². The molecule has 10 heteroatoms. The Morgan fingerprint density at radius 3 is 1.03 bits per heavy atom. The second-order valence-corrected chi connectivity index (χ2v) is 12.9. The first-order chi connectivity index (χ1) is 15.0. The predicted molar refractivity (Wildman–Crippen MR) is 144 cm³/mol. The molecule has 0 aliphatic heterocycles. The van der Waals surface area contributed by atoms with Crippen molar-refractivity contribution in [3.8, 4) is 11.5 Å². The van der Waals surface area contributed by atoms with Crippen LogP contribution in [0.15, 0.2) is 24.3 Å². The summed E-state index contributed by atoms with van der Waals surface area (Å²) in [7, 11) is 23.8. The van der Waals surface area contributed by atoms with Crippen molar-refractivity contribution in [1.29, 1.82) is 0 Å². The molecule has 0 saturated carbocycles. The van der Waals surface area contributed by atoms with Gasteiger partial charge in [-0.05, 0) is 75.2 Å². The summed E-state index contributed by atoms with van der Waals surface area (Å²) in [6.45, 7) is 11.4. The van der Waals surface area contributed by atoms with Crippen LogP contribution in [0.2, 0.25) is 0 Å². The van der Waals surface area contributed by atoms with E-state index in [4.69, 9.17) is 37.2 Å². The Morgan fingerprint density at radius 1 is 0.618 bits per heavy atom. The molecule has 0 fully saturated rings. The van der Waals surface area contributed by atoms with Crippen molar-refractivity contribution in [3.63, 3.8) is 0 Å². The molecule has 0 saturated heterocycles. The first-order valence-corrected chi connectivity index (χ1v) is 18.5. The summed E-state index contributed by atoms with van der Waals surface area (Å²) in [6.07, 6.45) is 0. The molecule has 0 aromatic heterocycles. The van der Waals surface area contributed by atoms with E-state index < -0.39 is 34.1 Å². The van der Waals surface area contributed by atoms with Crippen molar-refractivity contribution < 1.29 is 44.3 Å². The van der Waals surface area contributed by atoms with Gasteiger partial charge in [-0.25, -0.2) is 0 Å². The van der Waals surface area contributed by atoms with Crippen molar-refractivity contribution in [2.45, 2.75) is 40.8 Å². The van der Waals surface area contributed by atoms with Crippen LogP contribution in [0, 0.1) is 42.5 Å². The summed E-state index contributed by atoms with van der Waals surface area (Å²) in [5.41, 5.74) is 6.19. The molecule has 0 bridgehead atoms. The molecule has 34 heavy (non-hydrogen) atoms. The summed E-state index contributed by atoms with van der Waals surface area (Å²) in [6, 6.07) is 8.24. The number of benzene rings is 2. The molecule has 0 amide bonds. The Kier molecular flexibility index (Phi) is 24.8. The molecule has 0 heterocycles. The van der Waals surface area contributed by atoms with Crippen LogP contribution in [0.3, 0.4) is 0 Å². The molecular formula is C24H38Cl4N2O2Ti2-2. The number of likely N-dealkylation sites (N-methyl/N-ethyl adjacent to an activating group) is 2. The number of aromatic hydroxyl groups is 2. The zero-order chi connectivity index (χ0) is 24.8. The number of rotatable bonds is 7. The van der Waals surface area contributed by atoms with E-state index in [2.05, 4.69) is 48.2 Å². The van der Waals surface area contributed by atoms with Crippen molar-refractivity contribution in [3.05, 3.63) is 72.5 Å². The average molecular weight is 624 g/mol. The minimum absolute atomic E-state index is 0. The number of phenolic OH excluding ortho intramolecular Hbond substituents is 2. The molecule has 2 aromatic rings. The topological polar surface area (TPSA) is 46.9 Å². The van der Waals surface area contributed by atoms with Crippen molar-refractivity contribution in [2.75, 3.05) is 27.2 Å². The van der Waals surface area contributed by atoms with Gasteiger partial charge in [0.25, 0.3) is 0 Å². The van der Waals surface area contributed by atoms with E-state index in [0.717, 1.165) is 48.4 Å². The van der Waals surface area contributed by atoms with Crippen molar-refractivity contribution in [1.82, 2.24) is 9.80 Å². The Morgan fingerprint density at radius 2 is 0.824 bits per heavy atom. The summed E-state index contributed by atoms with van der Waals surface area (Å²) in [4.78, 5) is 4.60. The third-order valence-corrected chi connectivity index (χ3v) is 4.87. The van der Waals surface area contributed by atoms with Gasteiger partial charge in [0.15, 0.2) is 0 Å². The quantitative estimate of drug-likeness (QED) is 0.247. The van der Waals surface area contributed by atoms with Crippen LogP contribution in [0.1, 0.15) is 33.4 Å². The summed E-state index contributed by atoms with van der Waals surface area (Å²) in [5.74, 6) is 0.797. The van der Waals surface area contributed by atoms with Crippen LogP contribution in [-0.2, 0) is 47.2 Å². The van der Waals surface area contributed by atoms with Gasteiger partial charge in [-0.3, -0.25) is 0 Å². The maximum absolute atomic E-state index is 9.90. The van der Waals surface area contributed by atoms with Gasteiger partial charge in [-0.15, -0.1) is 0 Å². The molecule has 0 spiro atoms. The monoisotopic (exact) mass is 622 g/mol. The molecule has 2 rings (SSSR count). The van der Waals surface area contributed by atoms with Gasteiger partial charge >= 0.3 is 71.3 Å². The van der Waals surface area contributed by atoms with Crippen LogP contribution >= 0.6 is 37.2 Å². The van der Waals surface area contributed by atoms with E-state index in [1.165, 1.54) is 11.1 Å². The van der Waals surface area contributed by atoms with E-state index in [0.29, 0.717) is 11.5 Å². The van der Waals surface area contributed by atoms with Gasteiger partial charge in [-0.2, -0.15) is 0 Å². The fourth-order valence-electron chi connectivity index (χ4n) is 3.40. The van der Waals surface area contributed by atoms with Crippen LogP contribution < -0.4 is 0 Å². The molecule has 2 N–H and O–H groups in total. The molecule has 0 radical (unpaired) electrons. The van der Waals surface area contributed by atoms with Crippen LogP contribution in [-0.4, -0.2) is 47.2 Å². The number of hydrogen-bond donors (Lipinski definition) is 2. The molecule has 194 valence electrons. The molecule has 0 aliphatic carbocycles. The van der Waals surface area contributed by atoms with Gasteiger partial charge in [-0.1, -0.05) is 24.3 Å². The summed E-state index contributed by atoms with van der Waals surface area (Å²) < 4.78 is 0. The van der Waals surface area contributed by atoms with E-state index in [9.17, 15) is 10.2 Å². The first kappa shape index (κ1) is 39.1. The fraction of sp³-hybridized carbons (Fsp3) is 0.417.